The molecule has 1 amide bonds. The Hall–Kier alpha value is -3.34. The van der Waals surface area contributed by atoms with E-state index in [9.17, 15) is 9.18 Å². The number of amides is 1. The third-order valence-corrected chi connectivity index (χ3v) is 4.84. The van der Waals surface area contributed by atoms with Gasteiger partial charge in [0.25, 0.3) is 5.91 Å². The van der Waals surface area contributed by atoms with Crippen LogP contribution in [0.1, 0.15) is 32.9 Å². The highest BCUT2D eigenvalue weighted by atomic mass is 19.1. The molecule has 0 saturated heterocycles. The van der Waals surface area contributed by atoms with Gasteiger partial charge in [-0.2, -0.15) is 0 Å². The first-order valence-corrected chi connectivity index (χ1v) is 9.13. The number of hydrogen-bond donors (Lipinski definition) is 1. The number of anilines is 1. The molecule has 0 radical (unpaired) electrons. The van der Waals surface area contributed by atoms with Crippen molar-refractivity contribution in [1.82, 2.24) is 4.57 Å². The third-order valence-electron chi connectivity index (χ3n) is 4.84. The van der Waals surface area contributed by atoms with Crippen LogP contribution < -0.4 is 5.32 Å². The first kappa shape index (κ1) is 18.0. The number of carbonyl (C=O) groups excluding carboxylic acids is 1. The minimum atomic E-state index is -0.328. The van der Waals surface area contributed by atoms with Gasteiger partial charge in [0, 0.05) is 24.4 Å². The van der Waals surface area contributed by atoms with E-state index in [0.29, 0.717) is 29.1 Å². The molecule has 2 aromatic heterocycles. The molecular weight excluding hydrogens is 355 g/mol. The summed E-state index contributed by atoms with van der Waals surface area (Å²) in [4.78, 5) is 13.0. The van der Waals surface area contributed by atoms with Crippen molar-refractivity contribution in [2.45, 2.75) is 27.3 Å². The number of hydrogen-bond acceptors (Lipinski definition) is 2. The Labute approximate surface area is 162 Å². The van der Waals surface area contributed by atoms with E-state index in [4.69, 9.17) is 4.42 Å². The standard InChI is InChI=1S/C23H21FN2O2/c1-14-4-6-17(7-5-14)13-26-20-11-16(3)28-22(20)12-21(26)23(27)25-19-9-8-18(24)10-15(19)2/h4-12H,13H2,1-3H3,(H,25,27). The van der Waals surface area contributed by atoms with Gasteiger partial charge >= 0.3 is 0 Å². The number of halogens is 1. The summed E-state index contributed by atoms with van der Waals surface area (Å²) >= 11 is 0. The molecule has 4 nitrogen and oxygen atoms in total. The van der Waals surface area contributed by atoms with Gasteiger partial charge < -0.3 is 14.3 Å². The van der Waals surface area contributed by atoms with Crippen molar-refractivity contribution in [3.63, 3.8) is 0 Å². The van der Waals surface area contributed by atoms with E-state index >= 15 is 0 Å². The third kappa shape index (κ3) is 3.43. The summed E-state index contributed by atoms with van der Waals surface area (Å²) < 4.78 is 21.0. The van der Waals surface area contributed by atoms with Crippen LogP contribution in [-0.2, 0) is 6.54 Å². The quantitative estimate of drug-likeness (QED) is 0.504. The van der Waals surface area contributed by atoms with Gasteiger partial charge in [0.2, 0.25) is 0 Å². The maximum atomic E-state index is 13.3. The zero-order valence-electron chi connectivity index (χ0n) is 16.0. The molecule has 0 atom stereocenters. The van der Waals surface area contributed by atoms with Crippen molar-refractivity contribution in [3.05, 3.63) is 88.6 Å². The average molecular weight is 376 g/mol. The Bertz CT molecular complexity index is 1170. The van der Waals surface area contributed by atoms with E-state index in [0.717, 1.165) is 16.8 Å². The minimum Gasteiger partial charge on any atom is -0.460 e. The fraction of sp³-hybridized carbons (Fsp3) is 0.174. The highest BCUT2D eigenvalue weighted by Gasteiger charge is 2.19. The zero-order chi connectivity index (χ0) is 19.8. The maximum absolute atomic E-state index is 13.3. The number of benzene rings is 2. The molecule has 142 valence electrons. The second-order valence-electron chi connectivity index (χ2n) is 7.12. The number of aromatic nitrogens is 1. The number of furan rings is 1. The van der Waals surface area contributed by atoms with E-state index < -0.39 is 0 Å². The van der Waals surface area contributed by atoms with E-state index in [-0.39, 0.29) is 11.7 Å². The number of nitrogens with one attached hydrogen (secondary N) is 1. The van der Waals surface area contributed by atoms with E-state index in [2.05, 4.69) is 29.6 Å². The molecule has 4 aromatic rings. The first-order valence-electron chi connectivity index (χ1n) is 9.13. The molecular formula is C23H21FN2O2. The van der Waals surface area contributed by atoms with E-state index in [1.807, 2.05) is 24.5 Å². The average Bonchev–Trinajstić information content (AvgIpc) is 3.16. The van der Waals surface area contributed by atoms with Crippen LogP contribution in [0.15, 0.2) is 59.0 Å². The number of rotatable bonds is 4. The Kier molecular flexibility index (Phi) is 4.51. The van der Waals surface area contributed by atoms with Crippen molar-refractivity contribution >= 4 is 22.7 Å². The Morgan fingerprint density at radius 2 is 1.79 bits per heavy atom. The van der Waals surface area contributed by atoms with Gasteiger partial charge in [0.05, 0.1) is 5.52 Å². The predicted octanol–water partition coefficient (Wildman–Crippen LogP) is 5.60. The van der Waals surface area contributed by atoms with Gasteiger partial charge in [0.15, 0.2) is 5.58 Å². The molecule has 2 aromatic carbocycles. The lowest BCUT2D eigenvalue weighted by atomic mass is 10.1. The van der Waals surface area contributed by atoms with Crippen molar-refractivity contribution < 1.29 is 13.6 Å². The lowest BCUT2D eigenvalue weighted by Crippen LogP contribution is -2.18. The number of fused-ring (bicyclic) bond motifs is 1. The van der Waals surface area contributed by atoms with E-state index in [1.54, 1.807) is 19.1 Å². The topological polar surface area (TPSA) is 47.2 Å². The Morgan fingerprint density at radius 3 is 2.50 bits per heavy atom. The lowest BCUT2D eigenvalue weighted by Gasteiger charge is -2.12. The summed E-state index contributed by atoms with van der Waals surface area (Å²) in [7, 11) is 0. The van der Waals surface area contributed by atoms with Crippen LogP contribution in [-0.4, -0.2) is 10.5 Å². The fourth-order valence-corrected chi connectivity index (χ4v) is 3.35. The first-order chi connectivity index (χ1) is 13.4. The predicted molar refractivity (Wildman–Crippen MR) is 108 cm³/mol. The molecule has 0 fully saturated rings. The number of nitrogens with zero attached hydrogens (tertiary/aromatic N) is 1. The summed E-state index contributed by atoms with van der Waals surface area (Å²) in [6.07, 6.45) is 0. The van der Waals surface area contributed by atoms with E-state index in [1.165, 1.54) is 17.7 Å². The molecule has 1 N–H and O–H groups in total. The van der Waals surface area contributed by atoms with Crippen LogP contribution in [0.25, 0.3) is 11.1 Å². The second-order valence-corrected chi connectivity index (χ2v) is 7.12. The number of carbonyl (C=O) groups is 1. The van der Waals surface area contributed by atoms with Crippen LogP contribution in [0.2, 0.25) is 0 Å². The molecule has 0 aliphatic heterocycles. The fourth-order valence-electron chi connectivity index (χ4n) is 3.35. The van der Waals surface area contributed by atoms with Gasteiger partial charge in [0.1, 0.15) is 17.3 Å². The monoisotopic (exact) mass is 376 g/mol. The molecule has 0 unspecified atom stereocenters. The molecule has 5 heteroatoms. The molecule has 0 saturated carbocycles. The van der Waals surface area contributed by atoms with Crippen molar-refractivity contribution in [2.75, 3.05) is 5.32 Å². The van der Waals surface area contributed by atoms with Crippen molar-refractivity contribution in [1.29, 1.82) is 0 Å². The van der Waals surface area contributed by atoms with Crippen LogP contribution in [0, 0.1) is 26.6 Å². The minimum absolute atomic E-state index is 0.258. The highest BCUT2D eigenvalue weighted by Crippen LogP contribution is 2.26. The zero-order valence-corrected chi connectivity index (χ0v) is 16.0. The Balaban J connectivity index is 1.72. The molecule has 0 bridgehead atoms. The molecule has 0 spiro atoms. The van der Waals surface area contributed by atoms with Gasteiger partial charge in [-0.15, -0.1) is 0 Å². The van der Waals surface area contributed by atoms with Crippen molar-refractivity contribution in [2.24, 2.45) is 0 Å². The van der Waals surface area contributed by atoms with Crippen LogP contribution in [0.3, 0.4) is 0 Å². The SMILES string of the molecule is Cc1ccc(Cn2c(C(=O)Nc3ccc(F)cc3C)cc3oc(C)cc32)cc1. The summed E-state index contributed by atoms with van der Waals surface area (Å²) in [5.41, 5.74) is 5.58. The van der Waals surface area contributed by atoms with Crippen molar-refractivity contribution in [3.8, 4) is 0 Å². The Morgan fingerprint density at radius 1 is 1.04 bits per heavy atom. The van der Waals surface area contributed by atoms with Gasteiger partial charge in [-0.1, -0.05) is 29.8 Å². The second kappa shape index (κ2) is 7.00. The molecule has 28 heavy (non-hydrogen) atoms. The normalized spacial score (nSPS) is 11.1. The van der Waals surface area contributed by atoms with Crippen LogP contribution in [0.4, 0.5) is 10.1 Å². The maximum Gasteiger partial charge on any atom is 0.272 e. The molecule has 0 aliphatic carbocycles. The molecule has 2 heterocycles. The van der Waals surface area contributed by atoms with Gasteiger partial charge in [-0.05, 0) is 50.1 Å². The van der Waals surface area contributed by atoms with Gasteiger partial charge in [-0.25, -0.2) is 4.39 Å². The summed E-state index contributed by atoms with van der Waals surface area (Å²) in [6.45, 7) is 6.24. The lowest BCUT2D eigenvalue weighted by molar-refractivity contribution is 0.101. The summed E-state index contributed by atoms with van der Waals surface area (Å²) in [5, 5.41) is 2.89. The van der Waals surface area contributed by atoms with Crippen LogP contribution in [0.5, 0.6) is 0 Å². The smallest absolute Gasteiger partial charge is 0.272 e. The van der Waals surface area contributed by atoms with Gasteiger partial charge in [-0.3, -0.25) is 4.79 Å². The summed E-state index contributed by atoms with van der Waals surface area (Å²) in [5.74, 6) is 0.209. The largest absolute Gasteiger partial charge is 0.460 e. The summed E-state index contributed by atoms with van der Waals surface area (Å²) in [6, 6.07) is 16.2. The van der Waals surface area contributed by atoms with Crippen LogP contribution >= 0.6 is 0 Å². The molecule has 4 rings (SSSR count). The molecule has 0 aliphatic rings. The highest BCUT2D eigenvalue weighted by molar-refractivity contribution is 6.06. The number of aryl methyl sites for hydroxylation is 3.